The number of hydrogen-bond donors (Lipinski definition) is 1. The minimum atomic E-state index is -0.631. The Morgan fingerprint density at radius 1 is 1.13 bits per heavy atom. The van der Waals surface area contributed by atoms with Gasteiger partial charge in [-0.1, -0.05) is 12.1 Å². The van der Waals surface area contributed by atoms with E-state index in [1.807, 2.05) is 25.1 Å². The second-order valence-corrected chi connectivity index (χ2v) is 6.17. The average Bonchev–Trinajstić information content (AvgIpc) is 3.33. The number of carbonyl (C=O) groups excluding carboxylic acids is 2. The molecule has 0 radical (unpaired) electrons. The number of ether oxygens (including phenoxy) is 1. The molecular weight excluding hydrogens is 294 g/mol. The maximum atomic E-state index is 12.7. The molecule has 0 bridgehead atoms. The molecule has 1 aromatic rings. The fourth-order valence-corrected chi connectivity index (χ4v) is 2.87. The molecule has 124 valence electrons. The molecule has 23 heavy (non-hydrogen) atoms. The molecule has 1 heterocycles. The summed E-state index contributed by atoms with van der Waals surface area (Å²) in [6.45, 7) is 4.56. The van der Waals surface area contributed by atoms with Gasteiger partial charge in [0.1, 0.15) is 5.75 Å². The highest BCUT2D eigenvalue weighted by atomic mass is 16.5. The number of para-hydroxylation sites is 1. The van der Waals surface area contributed by atoms with Crippen molar-refractivity contribution in [2.24, 2.45) is 5.73 Å². The van der Waals surface area contributed by atoms with Crippen molar-refractivity contribution in [1.82, 2.24) is 9.80 Å². The van der Waals surface area contributed by atoms with E-state index in [2.05, 4.69) is 0 Å². The predicted molar refractivity (Wildman–Crippen MR) is 86.2 cm³/mol. The van der Waals surface area contributed by atoms with Crippen LogP contribution in [0.3, 0.4) is 0 Å². The number of benzene rings is 1. The summed E-state index contributed by atoms with van der Waals surface area (Å²) >= 11 is 0. The second-order valence-electron chi connectivity index (χ2n) is 6.17. The van der Waals surface area contributed by atoms with Crippen LogP contribution >= 0.6 is 0 Å². The summed E-state index contributed by atoms with van der Waals surface area (Å²) < 4.78 is 5.53. The Labute approximate surface area is 136 Å². The molecule has 1 aliphatic carbocycles. The second kappa shape index (κ2) is 6.20. The van der Waals surface area contributed by atoms with E-state index in [1.165, 1.54) is 0 Å². The topological polar surface area (TPSA) is 75.9 Å². The first-order valence-corrected chi connectivity index (χ1v) is 8.14. The molecule has 3 rings (SSSR count). The first-order valence-electron chi connectivity index (χ1n) is 8.14. The lowest BCUT2D eigenvalue weighted by Crippen LogP contribution is -2.55. The molecule has 0 aromatic heterocycles. The van der Waals surface area contributed by atoms with Crippen molar-refractivity contribution in [3.63, 3.8) is 0 Å². The number of nitrogens with two attached hydrogens (primary N) is 1. The quantitative estimate of drug-likeness (QED) is 0.894. The van der Waals surface area contributed by atoms with Crippen molar-refractivity contribution in [1.29, 1.82) is 0 Å². The largest absolute Gasteiger partial charge is 0.493 e. The van der Waals surface area contributed by atoms with Gasteiger partial charge in [-0.25, -0.2) is 0 Å². The van der Waals surface area contributed by atoms with E-state index in [1.54, 1.807) is 15.9 Å². The number of nitrogens with zero attached hydrogens (tertiary/aromatic N) is 2. The van der Waals surface area contributed by atoms with Crippen LogP contribution < -0.4 is 10.5 Å². The number of hydrogen-bond acceptors (Lipinski definition) is 4. The van der Waals surface area contributed by atoms with E-state index in [0.29, 0.717) is 44.1 Å². The highest BCUT2D eigenvalue weighted by Gasteiger charge is 2.48. The predicted octanol–water partition coefficient (Wildman–Crippen LogP) is 0.861. The van der Waals surface area contributed by atoms with Crippen LogP contribution in [0.2, 0.25) is 0 Å². The van der Waals surface area contributed by atoms with Crippen LogP contribution in [0.1, 0.15) is 30.1 Å². The van der Waals surface area contributed by atoms with Crippen LogP contribution in [0.15, 0.2) is 24.3 Å². The molecule has 6 nitrogen and oxygen atoms in total. The summed E-state index contributed by atoms with van der Waals surface area (Å²) in [4.78, 5) is 28.5. The summed E-state index contributed by atoms with van der Waals surface area (Å²) in [5, 5.41) is 0. The molecule has 1 aromatic carbocycles. The summed E-state index contributed by atoms with van der Waals surface area (Å²) in [5.74, 6) is 0.590. The third kappa shape index (κ3) is 3.17. The minimum absolute atomic E-state index is 0.0271. The zero-order valence-electron chi connectivity index (χ0n) is 13.5. The lowest BCUT2D eigenvalue weighted by molar-refractivity contribution is -0.135. The smallest absolute Gasteiger partial charge is 0.257 e. The molecule has 0 spiro atoms. The molecule has 0 atom stereocenters. The zero-order valence-corrected chi connectivity index (χ0v) is 13.5. The maximum absolute atomic E-state index is 12.7. The Kier molecular flexibility index (Phi) is 4.26. The van der Waals surface area contributed by atoms with Crippen molar-refractivity contribution < 1.29 is 14.3 Å². The third-order valence-corrected chi connectivity index (χ3v) is 4.49. The fraction of sp³-hybridized carbons (Fsp3) is 0.529. The molecule has 2 fully saturated rings. The molecule has 1 saturated heterocycles. The van der Waals surface area contributed by atoms with Crippen LogP contribution in [-0.4, -0.2) is 59.9 Å². The molecule has 2 N–H and O–H groups in total. The summed E-state index contributed by atoms with van der Waals surface area (Å²) in [7, 11) is 0. The Hall–Kier alpha value is -2.08. The van der Waals surface area contributed by atoms with Crippen molar-refractivity contribution in [3.05, 3.63) is 29.8 Å². The highest BCUT2D eigenvalue weighted by molar-refractivity contribution is 5.97. The third-order valence-electron chi connectivity index (χ3n) is 4.49. The first-order chi connectivity index (χ1) is 11.0. The van der Waals surface area contributed by atoms with Gasteiger partial charge in [0.2, 0.25) is 5.91 Å². The maximum Gasteiger partial charge on any atom is 0.257 e. The molecular formula is C17H23N3O3. The SMILES string of the molecule is CCOc1ccccc1C(=O)N1CCN(C(=O)C2(N)CC2)CC1. The van der Waals surface area contributed by atoms with E-state index in [0.717, 1.165) is 12.8 Å². The summed E-state index contributed by atoms with van der Waals surface area (Å²) in [6.07, 6.45) is 1.54. The number of piperazine rings is 1. The van der Waals surface area contributed by atoms with Gasteiger partial charge >= 0.3 is 0 Å². The van der Waals surface area contributed by atoms with Gasteiger partial charge in [-0.3, -0.25) is 9.59 Å². The van der Waals surface area contributed by atoms with Gasteiger partial charge in [-0.05, 0) is 31.9 Å². The molecule has 1 saturated carbocycles. The molecule has 2 amide bonds. The van der Waals surface area contributed by atoms with Gasteiger partial charge in [-0.2, -0.15) is 0 Å². The molecule has 6 heteroatoms. The summed E-state index contributed by atoms with van der Waals surface area (Å²) in [6, 6.07) is 7.28. The van der Waals surface area contributed by atoms with Gasteiger partial charge in [0.15, 0.2) is 0 Å². The molecule has 2 aliphatic rings. The van der Waals surface area contributed by atoms with Gasteiger partial charge in [-0.15, -0.1) is 0 Å². The highest BCUT2D eigenvalue weighted by Crippen LogP contribution is 2.34. The van der Waals surface area contributed by atoms with Gasteiger partial charge in [0, 0.05) is 26.2 Å². The summed E-state index contributed by atoms with van der Waals surface area (Å²) in [5.41, 5.74) is 5.92. The van der Waals surface area contributed by atoms with Crippen molar-refractivity contribution in [2.45, 2.75) is 25.3 Å². The monoisotopic (exact) mass is 317 g/mol. The lowest BCUT2D eigenvalue weighted by atomic mass is 10.1. The van der Waals surface area contributed by atoms with Crippen LogP contribution in [0, 0.1) is 0 Å². The van der Waals surface area contributed by atoms with E-state index in [9.17, 15) is 9.59 Å². The first kappa shape index (κ1) is 15.8. The average molecular weight is 317 g/mol. The van der Waals surface area contributed by atoms with E-state index < -0.39 is 5.54 Å². The van der Waals surface area contributed by atoms with Crippen molar-refractivity contribution >= 4 is 11.8 Å². The van der Waals surface area contributed by atoms with Crippen LogP contribution in [0.5, 0.6) is 5.75 Å². The van der Waals surface area contributed by atoms with Crippen LogP contribution in [0.4, 0.5) is 0 Å². The zero-order chi connectivity index (χ0) is 16.4. The van der Waals surface area contributed by atoms with Gasteiger partial charge in [0.25, 0.3) is 5.91 Å². The Morgan fingerprint density at radius 2 is 1.74 bits per heavy atom. The standard InChI is InChI=1S/C17H23N3O3/c1-2-23-14-6-4-3-5-13(14)15(21)19-9-11-20(12-10-19)16(22)17(18)7-8-17/h3-6H,2,7-12,18H2,1H3. The minimum Gasteiger partial charge on any atom is -0.493 e. The van der Waals surface area contributed by atoms with Gasteiger partial charge < -0.3 is 20.3 Å². The normalized spacial score (nSPS) is 19.4. The van der Waals surface area contributed by atoms with E-state index in [4.69, 9.17) is 10.5 Å². The fourth-order valence-electron chi connectivity index (χ4n) is 2.87. The lowest BCUT2D eigenvalue weighted by Gasteiger charge is -2.36. The van der Waals surface area contributed by atoms with Crippen molar-refractivity contribution in [3.8, 4) is 5.75 Å². The Balaban J connectivity index is 1.63. The van der Waals surface area contributed by atoms with Crippen LogP contribution in [0.25, 0.3) is 0 Å². The van der Waals surface area contributed by atoms with Crippen molar-refractivity contribution in [2.75, 3.05) is 32.8 Å². The molecule has 0 unspecified atom stereocenters. The number of rotatable bonds is 4. The Morgan fingerprint density at radius 3 is 2.35 bits per heavy atom. The number of amides is 2. The van der Waals surface area contributed by atoms with Crippen LogP contribution in [-0.2, 0) is 4.79 Å². The Bertz CT molecular complexity index is 605. The molecule has 1 aliphatic heterocycles. The van der Waals surface area contributed by atoms with Gasteiger partial charge in [0.05, 0.1) is 17.7 Å². The number of carbonyl (C=O) groups is 2. The van der Waals surface area contributed by atoms with E-state index in [-0.39, 0.29) is 11.8 Å². The van der Waals surface area contributed by atoms with E-state index >= 15 is 0 Å².